The zero-order valence-corrected chi connectivity index (χ0v) is 39.7. The lowest BCUT2D eigenvalue weighted by Crippen LogP contribution is -2.52. The minimum absolute atomic E-state index is 0. The molecule has 1 aliphatic heterocycles. The molecule has 0 amide bonds. The van der Waals surface area contributed by atoms with Gasteiger partial charge in [0, 0.05) is 115 Å². The van der Waals surface area contributed by atoms with Crippen LogP contribution in [0.5, 0.6) is 17.2 Å². The first kappa shape index (κ1) is 61.1. The number of carbonyl (C=O) groups excluding carboxylic acids is 2. The SMILES string of the molecule is C#CC#CC#CC#CC#CC#CC#CC#CC#CC#CC#CC#CC#CC.COc1cccc2c1C(=O)c1c(O)c3c(c(O)c1C2=O)C[C@@](O)(CCO)C[C@@H]3O[C@@H]1C[C@H](N)[C@@H](O)[C@H](C)O1.OOOOONOOOOO.[HH].[HH].[HH].[HH].[HH].[HH].[HH].[HH].[HH].[HH].[HH].[HH].[HH]. The summed E-state index contributed by atoms with van der Waals surface area (Å²) in [6.45, 7) is 2.96. The number of nitrogens with two attached hydrogens (primary N) is 1. The van der Waals surface area contributed by atoms with Crippen molar-refractivity contribution in [3.05, 3.63) is 51.6 Å². The van der Waals surface area contributed by atoms with Crippen LogP contribution in [-0.4, -0.2) is 91.5 Å². The Morgan fingerprint density at radius 1 is 0.750 bits per heavy atom. The predicted octanol–water partition coefficient (Wildman–Crippen LogP) is 3.68. The molecule has 6 atom stereocenters. The van der Waals surface area contributed by atoms with Gasteiger partial charge in [-0.05, 0) is 157 Å². The second-order valence-electron chi connectivity index (χ2n) is 14.2. The quantitative estimate of drug-likeness (QED) is 0.0388. The Labute approximate surface area is 453 Å². The van der Waals surface area contributed by atoms with Crippen molar-refractivity contribution in [3.8, 4) is 172 Å². The molecular weight excluding hydrogens is 997 g/mol. The van der Waals surface area contributed by atoms with Crippen LogP contribution in [0.2, 0.25) is 0 Å². The van der Waals surface area contributed by atoms with E-state index in [2.05, 4.69) is 188 Å². The lowest BCUT2D eigenvalue weighted by atomic mass is 9.72. The summed E-state index contributed by atoms with van der Waals surface area (Å²) in [6.07, 6.45) is 1.02. The number of phenols is 2. The maximum Gasteiger partial charge on any atom is 0.202 e. The molecule has 3 aliphatic rings. The molecule has 0 spiro atoms. The highest BCUT2D eigenvalue weighted by atomic mass is 17.8. The Morgan fingerprint density at radius 2 is 1.24 bits per heavy atom. The molecule has 0 bridgehead atoms. The van der Waals surface area contributed by atoms with Gasteiger partial charge >= 0.3 is 0 Å². The molecule has 22 nitrogen and oxygen atoms in total. The van der Waals surface area contributed by atoms with Crippen molar-refractivity contribution in [2.24, 2.45) is 5.73 Å². The first-order chi connectivity index (χ1) is 36.8. The summed E-state index contributed by atoms with van der Waals surface area (Å²) < 4.78 is 17.2. The van der Waals surface area contributed by atoms with E-state index in [0.717, 1.165) is 0 Å². The summed E-state index contributed by atoms with van der Waals surface area (Å²) in [6, 6.07) is 3.84. The van der Waals surface area contributed by atoms with Gasteiger partial charge in [0.2, 0.25) is 5.78 Å². The van der Waals surface area contributed by atoms with Gasteiger partial charge in [-0.25, -0.2) is 10.5 Å². The summed E-state index contributed by atoms with van der Waals surface area (Å²) in [5, 5.41) is 87.8. The van der Waals surface area contributed by atoms with E-state index in [9.17, 15) is 35.1 Å². The van der Waals surface area contributed by atoms with Crippen molar-refractivity contribution in [2.75, 3.05) is 13.7 Å². The van der Waals surface area contributed by atoms with Gasteiger partial charge in [-0.15, -0.1) is 6.42 Å². The fourth-order valence-electron chi connectivity index (χ4n) is 6.71. The number of carbonyl (C=O) groups is 2. The molecule has 2 aromatic carbocycles. The summed E-state index contributed by atoms with van der Waals surface area (Å²) in [4.78, 5) is 34.3. The fraction of sp³-hybridized carbons (Fsp3) is 0.259. The lowest BCUT2D eigenvalue weighted by molar-refractivity contribution is -0.758. The molecule has 1 fully saturated rings. The van der Waals surface area contributed by atoms with Crippen molar-refractivity contribution in [1.29, 1.82) is 0 Å². The van der Waals surface area contributed by atoms with Gasteiger partial charge in [0.25, 0.3) is 0 Å². The fourth-order valence-corrected chi connectivity index (χ4v) is 6.71. The summed E-state index contributed by atoms with van der Waals surface area (Å²) in [5.74, 6) is 59.6. The van der Waals surface area contributed by atoms with Crippen molar-refractivity contribution in [1.82, 2.24) is 5.64 Å². The highest BCUT2D eigenvalue weighted by Crippen LogP contribution is 2.53. The summed E-state index contributed by atoms with van der Waals surface area (Å²) in [7, 11) is 1.35. The number of ether oxygens (including phenoxy) is 3. The van der Waals surface area contributed by atoms with Gasteiger partial charge < -0.3 is 45.5 Å². The standard InChI is InChI=1S/C27H31NO10.C27H4.H3NO10.13H2/c1-11-22(30)14(28)8-17(37-11)38-16-10-27(35,6-7-29)9-13-19(16)26(34)21-20(24(13)32)23(31)12-4-3-5-15(36-2)18(12)25(21)33;1-3-5-7-9-11-13-15-17-19-21-23-25-27-26-24-22-20-18-16-14-12-10-8-6-4-2;2-6-10-8-4-1-5-9-11-7-3;;;;;;;;;;;;;/h3-5,11,14,16-17,22,29-30,32,34-35H,6-10,28H2,1-2H3;1H,2H3;1-3H;13*1H/t11-,14-,16-,17+,22-,27-;;;;;;;;;;;;;;;/m0.............../s1. The van der Waals surface area contributed by atoms with E-state index in [1.165, 1.54) is 24.9 Å². The lowest BCUT2D eigenvalue weighted by Gasteiger charge is -2.42. The molecule has 0 radical (unpaired) electrons. The molecule has 1 saturated heterocycles. The minimum atomic E-state index is -1.56. The number of hydrogen-bond acceptors (Lipinski definition) is 22. The zero-order valence-electron chi connectivity index (χ0n) is 39.7. The third kappa shape index (κ3) is 19.3. The van der Waals surface area contributed by atoms with E-state index in [1.54, 1.807) is 19.9 Å². The van der Waals surface area contributed by atoms with E-state index in [4.69, 9.17) is 36.9 Å². The van der Waals surface area contributed by atoms with Crippen LogP contribution >= 0.6 is 0 Å². The van der Waals surface area contributed by atoms with Crippen molar-refractivity contribution < 1.29 is 119 Å². The van der Waals surface area contributed by atoms with Gasteiger partial charge in [-0.2, -0.15) is 0 Å². The Hall–Kier alpha value is -9.22. The smallest absolute Gasteiger partial charge is 0.202 e. The maximum atomic E-state index is 13.6. The zero-order chi connectivity index (χ0) is 55.6. The number of aliphatic hydroxyl groups is 3. The van der Waals surface area contributed by atoms with Gasteiger partial charge in [0.15, 0.2) is 12.1 Å². The third-order valence-electron chi connectivity index (χ3n) is 9.62. The van der Waals surface area contributed by atoms with E-state index >= 15 is 0 Å². The number of benzene rings is 2. The van der Waals surface area contributed by atoms with E-state index in [1.807, 2.05) is 0 Å². The Bertz CT molecular complexity index is 3350. The van der Waals surface area contributed by atoms with Gasteiger partial charge in [0.05, 0.1) is 47.7 Å². The van der Waals surface area contributed by atoms with Crippen LogP contribution in [0, 0.1) is 154 Å². The van der Waals surface area contributed by atoms with Gasteiger partial charge in [-0.3, -0.25) is 9.59 Å². The number of hydrogen-bond donors (Lipinski definition) is 9. The highest BCUT2D eigenvalue weighted by molar-refractivity contribution is 6.31. The maximum absolute atomic E-state index is 13.6. The number of rotatable bonds is 13. The summed E-state index contributed by atoms with van der Waals surface area (Å²) in [5.41, 5.74) is 5.17. The molecule has 1 heterocycles. The van der Waals surface area contributed by atoms with E-state index in [-0.39, 0.29) is 90.0 Å². The molecular formula is C54H64N2O20. The molecule has 2 aliphatic carbocycles. The minimum Gasteiger partial charge on any atom is -0.507 e. The van der Waals surface area contributed by atoms with Gasteiger partial charge in [0.1, 0.15) is 17.2 Å². The Morgan fingerprint density at radius 3 is 1.68 bits per heavy atom. The normalized spacial score (nSPS) is 18.1. The molecule has 0 saturated carbocycles. The van der Waals surface area contributed by atoms with Crippen LogP contribution < -0.4 is 16.1 Å². The third-order valence-corrected chi connectivity index (χ3v) is 9.62. The Balaban J connectivity index is -0.000000119. The van der Waals surface area contributed by atoms with Crippen LogP contribution in [0.4, 0.5) is 0 Å². The molecule has 10 N–H and O–H groups in total. The number of fused-ring (bicyclic) bond motifs is 3. The number of methoxy groups -OCH3 is 1. The van der Waals surface area contributed by atoms with Crippen molar-refractivity contribution >= 4 is 11.6 Å². The average molecular weight is 1060 g/mol. The monoisotopic (exact) mass is 1060 g/mol. The van der Waals surface area contributed by atoms with Crippen LogP contribution in [-0.2, 0) is 56.1 Å². The molecule has 2 aromatic rings. The summed E-state index contributed by atoms with van der Waals surface area (Å²) >= 11 is 0. The van der Waals surface area contributed by atoms with Crippen LogP contribution in [0.15, 0.2) is 18.2 Å². The van der Waals surface area contributed by atoms with Crippen molar-refractivity contribution in [3.63, 3.8) is 0 Å². The highest BCUT2D eigenvalue weighted by Gasteiger charge is 2.47. The number of terminal acetylenes is 1. The molecule has 410 valence electrons. The largest absolute Gasteiger partial charge is 0.507 e. The number of aromatic hydroxyl groups is 2. The average Bonchev–Trinajstić information content (AvgIpc) is 2.12. The first-order valence-corrected chi connectivity index (χ1v) is 21.0. The van der Waals surface area contributed by atoms with Gasteiger partial charge in [-0.1, -0.05) is 28.0 Å². The predicted molar refractivity (Wildman–Crippen MR) is 284 cm³/mol. The number of phenolic OH excluding ortho intramolecular Hbond substituents is 2. The molecule has 5 rings (SSSR count). The second-order valence-corrected chi connectivity index (χ2v) is 14.2. The number of aliphatic hydroxyl groups excluding tert-OH is 2. The van der Waals surface area contributed by atoms with E-state index in [0.29, 0.717) is 0 Å². The van der Waals surface area contributed by atoms with Crippen LogP contribution in [0.3, 0.4) is 0 Å². The molecule has 76 heavy (non-hydrogen) atoms. The second kappa shape index (κ2) is 34.2. The molecule has 0 aromatic heterocycles. The number of ketones is 2. The Kier molecular flexibility index (Phi) is 27.5. The number of nitrogens with one attached hydrogen (secondary N) is 1. The first-order valence-electron chi connectivity index (χ1n) is 21.0. The van der Waals surface area contributed by atoms with Crippen LogP contribution in [0.1, 0.15) is 101 Å². The molecule has 22 heteroatoms. The van der Waals surface area contributed by atoms with Crippen molar-refractivity contribution in [2.45, 2.75) is 75.8 Å². The van der Waals surface area contributed by atoms with Crippen LogP contribution in [0.25, 0.3) is 0 Å². The molecule has 0 unspecified atom stereocenters. The topological polar surface area (TPSA) is 315 Å². The van der Waals surface area contributed by atoms with E-state index < -0.39 is 59.3 Å².